The van der Waals surface area contributed by atoms with Crippen LogP contribution in [-0.4, -0.2) is 55.2 Å². The molecule has 1 aromatic rings. The van der Waals surface area contributed by atoms with Gasteiger partial charge in [-0.1, -0.05) is 27.7 Å². The van der Waals surface area contributed by atoms with Crippen molar-refractivity contribution in [3.63, 3.8) is 0 Å². The van der Waals surface area contributed by atoms with Crippen LogP contribution in [-0.2, 0) is 0 Å². The van der Waals surface area contributed by atoms with Gasteiger partial charge in [0.05, 0.1) is 7.11 Å². The van der Waals surface area contributed by atoms with Gasteiger partial charge in [0, 0.05) is 25.2 Å². The predicted molar refractivity (Wildman–Crippen MR) is 101 cm³/mol. The van der Waals surface area contributed by atoms with Gasteiger partial charge in [0.15, 0.2) is 17.3 Å². The van der Waals surface area contributed by atoms with Gasteiger partial charge in [-0.2, -0.15) is 0 Å². The van der Waals surface area contributed by atoms with Crippen molar-refractivity contribution < 1.29 is 19.4 Å². The lowest BCUT2D eigenvalue weighted by Gasteiger charge is -2.28. The Morgan fingerprint density at radius 1 is 1.08 bits per heavy atom. The summed E-state index contributed by atoms with van der Waals surface area (Å²) in [6.07, 6.45) is -0.588. The Morgan fingerprint density at radius 2 is 1.68 bits per heavy atom. The molecule has 1 N–H and O–H groups in total. The lowest BCUT2D eigenvalue weighted by Crippen LogP contribution is -2.39. The van der Waals surface area contributed by atoms with Gasteiger partial charge in [-0.3, -0.25) is 4.79 Å². The number of carbonyl (C=O) groups is 1. The number of methoxy groups -OCH3 is 1. The zero-order valence-electron chi connectivity index (χ0n) is 16.4. The number of nitrogens with zero attached hydrogens (tertiary/aromatic N) is 1. The van der Waals surface area contributed by atoms with Crippen LogP contribution in [0.1, 0.15) is 45.0 Å². The van der Waals surface area contributed by atoms with Crippen LogP contribution in [0.3, 0.4) is 0 Å². The molecule has 1 rings (SSSR count). The zero-order valence-corrected chi connectivity index (χ0v) is 16.4. The van der Waals surface area contributed by atoms with E-state index in [1.807, 2.05) is 0 Å². The molecule has 0 amide bonds. The molecule has 1 aromatic carbocycles. The Hall–Kier alpha value is -1.59. The lowest BCUT2D eigenvalue weighted by molar-refractivity contribution is 0.0592. The van der Waals surface area contributed by atoms with Gasteiger partial charge in [-0.15, -0.1) is 0 Å². The highest BCUT2D eigenvalue weighted by molar-refractivity contribution is 5.94. The van der Waals surface area contributed by atoms with Gasteiger partial charge in [0.1, 0.15) is 12.7 Å². The Bertz CT molecular complexity index is 532. The van der Waals surface area contributed by atoms with E-state index in [0.29, 0.717) is 35.4 Å². The Morgan fingerprint density at radius 3 is 2.16 bits per heavy atom. The summed E-state index contributed by atoms with van der Waals surface area (Å²) in [5.74, 6) is 2.10. The summed E-state index contributed by atoms with van der Waals surface area (Å²) in [6, 6.07) is 5.08. The molecule has 0 radical (unpaired) electrons. The molecule has 1 atom stereocenters. The molecular weight excluding hydrogens is 318 g/mol. The van der Waals surface area contributed by atoms with Crippen molar-refractivity contribution in [3.05, 3.63) is 23.8 Å². The standard InChI is InChI=1S/C20H33NO4/c1-14(2)10-21(11-15(3)4)12-18(23)13-25-19-8-7-17(16(5)22)9-20(19)24-6/h7-9,14-15,18,23H,10-13H2,1-6H3. The van der Waals surface area contributed by atoms with E-state index < -0.39 is 6.10 Å². The number of hydrogen-bond donors (Lipinski definition) is 1. The summed E-state index contributed by atoms with van der Waals surface area (Å²) in [7, 11) is 1.54. The van der Waals surface area contributed by atoms with E-state index in [4.69, 9.17) is 9.47 Å². The Labute approximate surface area is 151 Å². The van der Waals surface area contributed by atoms with Crippen molar-refractivity contribution in [2.24, 2.45) is 11.8 Å². The fourth-order valence-corrected chi connectivity index (χ4v) is 2.80. The molecule has 0 bridgehead atoms. The van der Waals surface area contributed by atoms with Crippen LogP contribution >= 0.6 is 0 Å². The number of benzene rings is 1. The first-order chi connectivity index (χ1) is 11.7. The van der Waals surface area contributed by atoms with Crippen LogP contribution in [0.5, 0.6) is 11.5 Å². The topological polar surface area (TPSA) is 59.0 Å². The minimum atomic E-state index is -0.588. The zero-order chi connectivity index (χ0) is 19.0. The van der Waals surface area contributed by atoms with Gasteiger partial charge in [0.2, 0.25) is 0 Å². The van der Waals surface area contributed by atoms with Crippen molar-refractivity contribution in [1.29, 1.82) is 0 Å². The maximum atomic E-state index is 11.4. The van der Waals surface area contributed by atoms with E-state index in [-0.39, 0.29) is 12.4 Å². The molecule has 5 heteroatoms. The van der Waals surface area contributed by atoms with Gasteiger partial charge in [-0.05, 0) is 37.0 Å². The van der Waals surface area contributed by atoms with Gasteiger partial charge < -0.3 is 19.5 Å². The molecule has 25 heavy (non-hydrogen) atoms. The average molecular weight is 351 g/mol. The third kappa shape index (κ3) is 7.88. The highest BCUT2D eigenvalue weighted by Crippen LogP contribution is 2.28. The van der Waals surface area contributed by atoms with E-state index in [9.17, 15) is 9.90 Å². The van der Waals surface area contributed by atoms with E-state index in [0.717, 1.165) is 13.1 Å². The number of hydrogen-bond acceptors (Lipinski definition) is 5. The van der Waals surface area contributed by atoms with Crippen LogP contribution in [0.15, 0.2) is 18.2 Å². The maximum absolute atomic E-state index is 11.4. The summed E-state index contributed by atoms with van der Waals surface area (Å²) >= 11 is 0. The van der Waals surface area contributed by atoms with Crippen molar-refractivity contribution in [2.75, 3.05) is 33.4 Å². The first-order valence-corrected chi connectivity index (χ1v) is 8.95. The van der Waals surface area contributed by atoms with Gasteiger partial charge in [0.25, 0.3) is 0 Å². The molecule has 1 unspecified atom stereocenters. The number of carbonyl (C=O) groups excluding carboxylic acids is 1. The quantitative estimate of drug-likeness (QED) is 0.620. The first kappa shape index (κ1) is 21.5. The Balaban J connectivity index is 2.65. The van der Waals surface area contributed by atoms with E-state index in [2.05, 4.69) is 32.6 Å². The van der Waals surface area contributed by atoms with Crippen LogP contribution in [0, 0.1) is 11.8 Å². The number of rotatable bonds is 11. The van der Waals surface area contributed by atoms with Crippen molar-refractivity contribution in [2.45, 2.75) is 40.7 Å². The molecule has 0 aliphatic carbocycles. The lowest BCUT2D eigenvalue weighted by atomic mass is 10.1. The largest absolute Gasteiger partial charge is 0.493 e. The second-order valence-electron chi connectivity index (χ2n) is 7.39. The normalized spacial score (nSPS) is 12.7. The number of ketones is 1. The first-order valence-electron chi connectivity index (χ1n) is 8.95. The van der Waals surface area contributed by atoms with Gasteiger partial charge >= 0.3 is 0 Å². The minimum absolute atomic E-state index is 0.0251. The molecule has 142 valence electrons. The third-order valence-electron chi connectivity index (χ3n) is 3.72. The van der Waals surface area contributed by atoms with Crippen LogP contribution in [0.2, 0.25) is 0 Å². The smallest absolute Gasteiger partial charge is 0.161 e. The number of ether oxygens (including phenoxy) is 2. The summed E-state index contributed by atoms with van der Waals surface area (Å²) in [5.41, 5.74) is 0.574. The van der Waals surface area contributed by atoms with Crippen LogP contribution in [0.4, 0.5) is 0 Å². The predicted octanol–water partition coefficient (Wildman–Crippen LogP) is 3.25. The molecule has 0 saturated heterocycles. The molecule has 5 nitrogen and oxygen atoms in total. The third-order valence-corrected chi connectivity index (χ3v) is 3.72. The van der Waals surface area contributed by atoms with Crippen LogP contribution in [0.25, 0.3) is 0 Å². The number of aliphatic hydroxyl groups is 1. The maximum Gasteiger partial charge on any atom is 0.161 e. The van der Waals surface area contributed by atoms with Crippen molar-refractivity contribution in [1.82, 2.24) is 4.90 Å². The second kappa shape index (κ2) is 10.4. The van der Waals surface area contributed by atoms with Crippen molar-refractivity contribution >= 4 is 5.78 Å². The highest BCUT2D eigenvalue weighted by atomic mass is 16.5. The van der Waals surface area contributed by atoms with Crippen molar-refractivity contribution in [3.8, 4) is 11.5 Å². The highest BCUT2D eigenvalue weighted by Gasteiger charge is 2.16. The number of aliphatic hydroxyl groups excluding tert-OH is 1. The summed E-state index contributed by atoms with van der Waals surface area (Å²) in [6.45, 7) is 12.9. The second-order valence-corrected chi connectivity index (χ2v) is 7.39. The fourth-order valence-electron chi connectivity index (χ4n) is 2.80. The SMILES string of the molecule is COc1cc(C(C)=O)ccc1OCC(O)CN(CC(C)C)CC(C)C. The molecular formula is C20H33NO4. The molecule has 0 aromatic heterocycles. The fraction of sp³-hybridized carbons (Fsp3) is 0.650. The molecule has 0 fully saturated rings. The Kier molecular flexibility index (Phi) is 8.93. The van der Waals surface area contributed by atoms with E-state index in [1.165, 1.54) is 14.0 Å². The summed E-state index contributed by atoms with van der Waals surface area (Å²) < 4.78 is 11.0. The number of Topliss-reactive ketones (excluding diaryl/α,β-unsaturated/α-hetero) is 1. The average Bonchev–Trinajstić information content (AvgIpc) is 2.51. The molecule has 0 aliphatic heterocycles. The van der Waals surface area contributed by atoms with E-state index in [1.54, 1.807) is 18.2 Å². The summed E-state index contributed by atoms with van der Waals surface area (Å²) in [5, 5.41) is 10.4. The minimum Gasteiger partial charge on any atom is -0.493 e. The molecule has 0 heterocycles. The monoisotopic (exact) mass is 351 g/mol. The van der Waals surface area contributed by atoms with Gasteiger partial charge in [-0.25, -0.2) is 0 Å². The van der Waals surface area contributed by atoms with E-state index >= 15 is 0 Å². The molecule has 0 aliphatic rings. The molecule has 0 saturated carbocycles. The molecule has 0 spiro atoms. The van der Waals surface area contributed by atoms with Crippen LogP contribution < -0.4 is 9.47 Å². The summed E-state index contributed by atoms with van der Waals surface area (Å²) in [4.78, 5) is 13.7.